The van der Waals surface area contributed by atoms with E-state index in [0.717, 1.165) is 19.3 Å². The number of ether oxygens (including phenoxy) is 1. The highest BCUT2D eigenvalue weighted by atomic mass is 32.1. The SMILES string of the molecule is CCc1ccc(CC(N)CC2(OC)CCC2)s1. The Morgan fingerprint density at radius 1 is 1.41 bits per heavy atom. The van der Waals surface area contributed by atoms with Crippen LogP contribution in [0.4, 0.5) is 0 Å². The monoisotopic (exact) mass is 253 g/mol. The van der Waals surface area contributed by atoms with E-state index < -0.39 is 0 Å². The van der Waals surface area contributed by atoms with Gasteiger partial charge in [0.15, 0.2) is 0 Å². The van der Waals surface area contributed by atoms with Gasteiger partial charge in [-0.25, -0.2) is 0 Å². The molecule has 2 N–H and O–H groups in total. The fourth-order valence-electron chi connectivity index (χ4n) is 2.59. The van der Waals surface area contributed by atoms with Crippen molar-refractivity contribution in [1.29, 1.82) is 0 Å². The van der Waals surface area contributed by atoms with E-state index in [-0.39, 0.29) is 11.6 Å². The molecular weight excluding hydrogens is 230 g/mol. The molecule has 2 rings (SSSR count). The van der Waals surface area contributed by atoms with Gasteiger partial charge in [-0.3, -0.25) is 0 Å². The molecule has 0 spiro atoms. The molecule has 96 valence electrons. The molecule has 1 aromatic rings. The van der Waals surface area contributed by atoms with E-state index >= 15 is 0 Å². The Labute approximate surface area is 108 Å². The van der Waals surface area contributed by atoms with Gasteiger partial charge in [-0.2, -0.15) is 0 Å². The van der Waals surface area contributed by atoms with E-state index in [4.69, 9.17) is 10.5 Å². The number of rotatable bonds is 6. The van der Waals surface area contributed by atoms with Gasteiger partial charge in [0.2, 0.25) is 0 Å². The molecule has 1 aliphatic carbocycles. The zero-order chi connectivity index (χ0) is 12.3. The molecule has 1 atom stereocenters. The minimum Gasteiger partial charge on any atom is -0.378 e. The molecule has 1 heterocycles. The van der Waals surface area contributed by atoms with Crippen molar-refractivity contribution in [3.63, 3.8) is 0 Å². The molecule has 1 aromatic heterocycles. The first-order valence-corrected chi connectivity index (χ1v) is 7.37. The lowest BCUT2D eigenvalue weighted by Gasteiger charge is -2.42. The van der Waals surface area contributed by atoms with Crippen molar-refractivity contribution in [2.24, 2.45) is 5.73 Å². The standard InChI is InChI=1S/C14H23NOS/c1-3-12-5-6-13(17-12)9-11(15)10-14(16-2)7-4-8-14/h5-6,11H,3-4,7-10,15H2,1-2H3. The van der Waals surface area contributed by atoms with Crippen LogP contribution >= 0.6 is 11.3 Å². The maximum absolute atomic E-state index is 6.25. The van der Waals surface area contributed by atoms with Crippen LogP contribution in [0.25, 0.3) is 0 Å². The highest BCUT2D eigenvalue weighted by Gasteiger charge is 2.38. The van der Waals surface area contributed by atoms with Gasteiger partial charge < -0.3 is 10.5 Å². The second kappa shape index (κ2) is 5.51. The van der Waals surface area contributed by atoms with E-state index in [2.05, 4.69) is 19.1 Å². The topological polar surface area (TPSA) is 35.2 Å². The quantitative estimate of drug-likeness (QED) is 0.845. The van der Waals surface area contributed by atoms with Gasteiger partial charge >= 0.3 is 0 Å². The van der Waals surface area contributed by atoms with Gasteiger partial charge in [-0.15, -0.1) is 11.3 Å². The van der Waals surface area contributed by atoms with Crippen LogP contribution in [0.2, 0.25) is 0 Å². The summed E-state index contributed by atoms with van der Waals surface area (Å²) in [6.45, 7) is 2.20. The Kier molecular flexibility index (Phi) is 4.23. The fourth-order valence-corrected chi connectivity index (χ4v) is 3.64. The summed E-state index contributed by atoms with van der Waals surface area (Å²) in [5, 5.41) is 0. The van der Waals surface area contributed by atoms with Crippen LogP contribution in [0.3, 0.4) is 0 Å². The van der Waals surface area contributed by atoms with Crippen LogP contribution in [0.5, 0.6) is 0 Å². The third-order valence-corrected chi connectivity index (χ3v) is 5.11. The molecule has 1 saturated carbocycles. The predicted octanol–water partition coefficient (Wildman–Crippen LogP) is 3.14. The number of thiophene rings is 1. The van der Waals surface area contributed by atoms with E-state index in [1.54, 1.807) is 0 Å². The van der Waals surface area contributed by atoms with Gasteiger partial charge in [0.05, 0.1) is 5.60 Å². The van der Waals surface area contributed by atoms with Gasteiger partial charge in [0, 0.05) is 22.9 Å². The average molecular weight is 253 g/mol. The summed E-state index contributed by atoms with van der Waals surface area (Å²) in [4.78, 5) is 2.87. The summed E-state index contributed by atoms with van der Waals surface area (Å²) >= 11 is 1.90. The normalized spacial score (nSPS) is 19.9. The molecule has 1 unspecified atom stereocenters. The zero-order valence-corrected chi connectivity index (χ0v) is 11.7. The number of methoxy groups -OCH3 is 1. The molecule has 0 saturated heterocycles. The number of nitrogens with two attached hydrogens (primary N) is 1. The first-order valence-electron chi connectivity index (χ1n) is 6.56. The highest BCUT2D eigenvalue weighted by molar-refractivity contribution is 7.11. The molecule has 2 nitrogen and oxygen atoms in total. The van der Waals surface area contributed by atoms with Crippen molar-refractivity contribution in [3.05, 3.63) is 21.9 Å². The van der Waals surface area contributed by atoms with Crippen molar-refractivity contribution in [2.45, 2.75) is 57.1 Å². The van der Waals surface area contributed by atoms with Crippen molar-refractivity contribution < 1.29 is 4.74 Å². The first kappa shape index (κ1) is 13.1. The lowest BCUT2D eigenvalue weighted by Crippen LogP contribution is -2.44. The molecule has 1 aliphatic rings. The Balaban J connectivity index is 1.86. The summed E-state index contributed by atoms with van der Waals surface area (Å²) in [6, 6.07) is 4.68. The number of aryl methyl sites for hydroxylation is 1. The van der Waals surface area contributed by atoms with E-state index in [0.29, 0.717) is 0 Å². The Morgan fingerprint density at radius 3 is 2.59 bits per heavy atom. The highest BCUT2D eigenvalue weighted by Crippen LogP contribution is 2.39. The Morgan fingerprint density at radius 2 is 2.12 bits per heavy atom. The molecular formula is C14H23NOS. The van der Waals surface area contributed by atoms with E-state index in [1.807, 2.05) is 18.4 Å². The third kappa shape index (κ3) is 3.09. The van der Waals surface area contributed by atoms with E-state index in [1.165, 1.54) is 29.0 Å². The summed E-state index contributed by atoms with van der Waals surface area (Å²) in [7, 11) is 1.83. The molecule has 0 aliphatic heterocycles. The smallest absolute Gasteiger partial charge is 0.0693 e. The maximum Gasteiger partial charge on any atom is 0.0693 e. The molecule has 0 radical (unpaired) electrons. The van der Waals surface area contributed by atoms with Crippen molar-refractivity contribution >= 4 is 11.3 Å². The van der Waals surface area contributed by atoms with Crippen LogP contribution in [0.15, 0.2) is 12.1 Å². The van der Waals surface area contributed by atoms with Gasteiger partial charge in [0.25, 0.3) is 0 Å². The summed E-state index contributed by atoms with van der Waals surface area (Å²) in [5.74, 6) is 0. The minimum absolute atomic E-state index is 0.101. The average Bonchev–Trinajstić information content (AvgIpc) is 2.71. The Bertz CT molecular complexity index is 351. The molecule has 17 heavy (non-hydrogen) atoms. The molecule has 1 fully saturated rings. The van der Waals surface area contributed by atoms with Crippen LogP contribution < -0.4 is 5.73 Å². The molecule has 3 heteroatoms. The van der Waals surface area contributed by atoms with Crippen molar-refractivity contribution in [2.75, 3.05) is 7.11 Å². The van der Waals surface area contributed by atoms with E-state index in [9.17, 15) is 0 Å². The van der Waals surface area contributed by atoms with Crippen molar-refractivity contribution in [3.8, 4) is 0 Å². The van der Waals surface area contributed by atoms with Gasteiger partial charge in [0.1, 0.15) is 0 Å². The van der Waals surface area contributed by atoms with Gasteiger partial charge in [-0.05, 0) is 50.7 Å². The van der Waals surface area contributed by atoms with Crippen LogP contribution in [-0.2, 0) is 17.6 Å². The lowest BCUT2D eigenvalue weighted by atomic mass is 9.75. The lowest BCUT2D eigenvalue weighted by molar-refractivity contribution is -0.0813. The number of hydrogen-bond donors (Lipinski definition) is 1. The Hall–Kier alpha value is -0.380. The largest absolute Gasteiger partial charge is 0.378 e. The second-order valence-corrected chi connectivity index (χ2v) is 6.38. The summed E-state index contributed by atoms with van der Waals surface area (Å²) < 4.78 is 5.63. The molecule has 0 bridgehead atoms. The zero-order valence-electron chi connectivity index (χ0n) is 10.9. The van der Waals surface area contributed by atoms with Crippen LogP contribution in [0.1, 0.15) is 42.4 Å². The first-order chi connectivity index (χ1) is 8.17. The second-order valence-electron chi connectivity index (χ2n) is 5.13. The van der Waals surface area contributed by atoms with Crippen LogP contribution in [-0.4, -0.2) is 18.8 Å². The maximum atomic E-state index is 6.25. The third-order valence-electron chi connectivity index (χ3n) is 3.86. The molecule has 0 amide bonds. The molecule has 0 aromatic carbocycles. The summed E-state index contributed by atoms with van der Waals surface area (Å²) in [6.07, 6.45) is 6.78. The minimum atomic E-state index is 0.101. The summed E-state index contributed by atoms with van der Waals surface area (Å²) in [5.41, 5.74) is 6.36. The van der Waals surface area contributed by atoms with Crippen LogP contribution in [0, 0.1) is 0 Å². The number of hydrogen-bond acceptors (Lipinski definition) is 3. The van der Waals surface area contributed by atoms with Gasteiger partial charge in [-0.1, -0.05) is 6.92 Å². The van der Waals surface area contributed by atoms with Crippen molar-refractivity contribution in [1.82, 2.24) is 0 Å². The fraction of sp³-hybridized carbons (Fsp3) is 0.714. The predicted molar refractivity (Wildman–Crippen MR) is 73.6 cm³/mol.